The summed E-state index contributed by atoms with van der Waals surface area (Å²) in [5.41, 5.74) is 2.42. The first-order chi connectivity index (χ1) is 11.7. The molecule has 5 heteroatoms. The Morgan fingerprint density at radius 2 is 1.52 bits per heavy atom. The van der Waals surface area contributed by atoms with E-state index in [1.807, 2.05) is 52.0 Å². The molecule has 1 aliphatic carbocycles. The molecule has 0 aromatic heterocycles. The molecular formula is C20H21NO4. The molecule has 1 atom stereocenters. The average Bonchev–Trinajstić information content (AvgIpc) is 2.80. The zero-order chi connectivity index (χ0) is 18.0. The highest BCUT2D eigenvalue weighted by Crippen LogP contribution is 2.43. The first kappa shape index (κ1) is 16.3. The van der Waals surface area contributed by atoms with E-state index in [1.54, 1.807) is 18.2 Å². The molecule has 0 amide bonds. The second-order valence-electron chi connectivity index (χ2n) is 7.54. The van der Waals surface area contributed by atoms with Crippen LogP contribution in [-0.2, 0) is 9.68 Å². The molecule has 1 saturated heterocycles. The normalized spacial score (nSPS) is 23.3. The predicted molar refractivity (Wildman–Crippen MR) is 94.0 cm³/mol. The van der Waals surface area contributed by atoms with Crippen LogP contribution in [0.1, 0.15) is 49.7 Å². The summed E-state index contributed by atoms with van der Waals surface area (Å²) in [5, 5.41) is 11.9. The predicted octanol–water partition coefficient (Wildman–Crippen LogP) is 3.82. The molecule has 0 radical (unpaired) electrons. The Bertz CT molecular complexity index is 856. The third kappa shape index (κ3) is 2.31. The van der Waals surface area contributed by atoms with Gasteiger partial charge in [-0.15, -0.1) is 5.23 Å². The molecule has 0 spiro atoms. The molecule has 0 bridgehead atoms. The van der Waals surface area contributed by atoms with E-state index in [0.29, 0.717) is 16.8 Å². The number of anilines is 1. The number of hydrogen-bond acceptors (Lipinski definition) is 5. The number of Topliss-reactive ketones (excluding diaryl/α,β-unsaturated/α-hetero) is 1. The van der Waals surface area contributed by atoms with Gasteiger partial charge in [-0.25, -0.2) is 9.68 Å². The maximum atomic E-state index is 12.5. The number of hydrogen-bond donors (Lipinski definition) is 1. The van der Waals surface area contributed by atoms with Crippen molar-refractivity contribution >= 4 is 11.5 Å². The maximum absolute atomic E-state index is 12.5. The van der Waals surface area contributed by atoms with Crippen molar-refractivity contribution < 1.29 is 19.6 Å². The molecule has 1 fully saturated rings. The van der Waals surface area contributed by atoms with Crippen molar-refractivity contribution in [2.45, 2.75) is 45.0 Å². The summed E-state index contributed by atoms with van der Waals surface area (Å²) in [6.45, 7) is 7.83. The zero-order valence-corrected chi connectivity index (χ0v) is 14.7. The summed E-state index contributed by atoms with van der Waals surface area (Å²) < 4.78 is 0. The Balaban J connectivity index is 1.79. The van der Waals surface area contributed by atoms with Crippen LogP contribution in [0.3, 0.4) is 0 Å². The Morgan fingerprint density at radius 1 is 0.920 bits per heavy atom. The largest absolute Gasteiger partial charge is 0.380 e. The topological polar surface area (TPSA) is 59.0 Å². The summed E-state index contributed by atoms with van der Waals surface area (Å²) in [6.07, 6.45) is -1.19. The van der Waals surface area contributed by atoms with E-state index in [4.69, 9.17) is 9.68 Å². The number of carbonyl (C=O) groups excluding carboxylic acids is 1. The standard InChI is InChI=1S/C20H21NO4/c1-19(2)20(3,4)25-21(24-19)12-9-10-14-13-7-5-6-8-15(13)17(22)18(23)16(14)11-12/h5-11,18,23H,1-4H3. The van der Waals surface area contributed by atoms with Gasteiger partial charge in [0.25, 0.3) is 0 Å². The van der Waals surface area contributed by atoms with E-state index in [1.165, 1.54) is 5.23 Å². The SMILES string of the molecule is CC1(C)ON(c2ccc3c(c2)C(O)C(=O)c2ccccc2-3)OC1(C)C. The van der Waals surface area contributed by atoms with Crippen LogP contribution in [0.4, 0.5) is 5.69 Å². The lowest BCUT2D eigenvalue weighted by Gasteiger charge is -2.26. The van der Waals surface area contributed by atoms with Gasteiger partial charge in [-0.05, 0) is 56.5 Å². The van der Waals surface area contributed by atoms with Crippen LogP contribution in [0.25, 0.3) is 11.1 Å². The quantitative estimate of drug-likeness (QED) is 0.856. The highest BCUT2D eigenvalue weighted by molar-refractivity contribution is 6.09. The molecule has 1 N–H and O–H groups in total. The number of benzene rings is 2. The van der Waals surface area contributed by atoms with Gasteiger partial charge >= 0.3 is 0 Å². The Hall–Kier alpha value is -2.21. The number of nitrogens with zero attached hydrogens (tertiary/aromatic N) is 1. The lowest BCUT2D eigenvalue weighted by Crippen LogP contribution is -2.41. The van der Waals surface area contributed by atoms with Crippen molar-refractivity contribution in [2.75, 3.05) is 5.23 Å². The van der Waals surface area contributed by atoms with Crippen LogP contribution in [-0.4, -0.2) is 22.1 Å². The number of aliphatic hydroxyl groups excluding tert-OH is 1. The van der Waals surface area contributed by atoms with Crippen molar-refractivity contribution in [3.63, 3.8) is 0 Å². The van der Waals surface area contributed by atoms with E-state index >= 15 is 0 Å². The number of aliphatic hydroxyl groups is 1. The highest BCUT2D eigenvalue weighted by Gasteiger charge is 2.50. The van der Waals surface area contributed by atoms with E-state index in [-0.39, 0.29) is 5.78 Å². The van der Waals surface area contributed by atoms with Crippen molar-refractivity contribution in [1.29, 1.82) is 0 Å². The summed E-state index contributed by atoms with van der Waals surface area (Å²) in [6, 6.07) is 12.9. The molecule has 130 valence electrons. The van der Waals surface area contributed by atoms with Gasteiger partial charge in [-0.1, -0.05) is 30.3 Å². The molecule has 1 aliphatic heterocycles. The Kier molecular flexibility index (Phi) is 3.35. The molecule has 5 nitrogen and oxygen atoms in total. The van der Waals surface area contributed by atoms with Crippen LogP contribution >= 0.6 is 0 Å². The second kappa shape index (κ2) is 5.14. The Morgan fingerprint density at radius 3 is 2.16 bits per heavy atom. The molecule has 2 aromatic carbocycles. The van der Waals surface area contributed by atoms with Crippen LogP contribution in [0.15, 0.2) is 42.5 Å². The Labute approximate surface area is 146 Å². The summed E-state index contributed by atoms with van der Waals surface area (Å²) in [5.74, 6) is -0.288. The zero-order valence-electron chi connectivity index (χ0n) is 14.7. The van der Waals surface area contributed by atoms with Gasteiger partial charge in [0.2, 0.25) is 0 Å². The summed E-state index contributed by atoms with van der Waals surface area (Å²) >= 11 is 0. The molecule has 1 heterocycles. The first-order valence-corrected chi connectivity index (χ1v) is 8.35. The monoisotopic (exact) mass is 339 g/mol. The summed E-state index contributed by atoms with van der Waals surface area (Å²) in [4.78, 5) is 24.3. The lowest BCUT2D eigenvalue weighted by molar-refractivity contribution is -0.0273. The molecular weight excluding hydrogens is 318 g/mol. The van der Waals surface area contributed by atoms with Gasteiger partial charge < -0.3 is 5.11 Å². The molecule has 2 aromatic rings. The van der Waals surface area contributed by atoms with E-state index in [2.05, 4.69) is 0 Å². The molecule has 2 aliphatic rings. The fourth-order valence-corrected chi connectivity index (χ4v) is 3.12. The van der Waals surface area contributed by atoms with Gasteiger partial charge in [0.15, 0.2) is 5.78 Å². The van der Waals surface area contributed by atoms with Crippen molar-refractivity contribution in [3.8, 4) is 11.1 Å². The van der Waals surface area contributed by atoms with Crippen molar-refractivity contribution in [3.05, 3.63) is 53.6 Å². The number of ketones is 1. The van der Waals surface area contributed by atoms with Crippen molar-refractivity contribution in [2.24, 2.45) is 0 Å². The molecule has 1 unspecified atom stereocenters. The fraction of sp³-hybridized carbons (Fsp3) is 0.350. The second-order valence-corrected chi connectivity index (χ2v) is 7.54. The molecule has 4 rings (SSSR count). The fourth-order valence-electron chi connectivity index (χ4n) is 3.12. The van der Waals surface area contributed by atoms with Crippen LogP contribution in [0.2, 0.25) is 0 Å². The number of rotatable bonds is 1. The van der Waals surface area contributed by atoms with Crippen LogP contribution in [0.5, 0.6) is 0 Å². The first-order valence-electron chi connectivity index (χ1n) is 8.35. The van der Waals surface area contributed by atoms with Crippen molar-refractivity contribution in [1.82, 2.24) is 0 Å². The van der Waals surface area contributed by atoms with Gasteiger partial charge in [0.1, 0.15) is 17.3 Å². The summed E-state index contributed by atoms with van der Waals surface area (Å²) in [7, 11) is 0. The lowest BCUT2D eigenvalue weighted by atomic mass is 9.83. The van der Waals surface area contributed by atoms with E-state index < -0.39 is 17.3 Å². The average molecular weight is 339 g/mol. The number of carbonyl (C=O) groups is 1. The minimum absolute atomic E-state index is 0.288. The van der Waals surface area contributed by atoms with Gasteiger partial charge in [-0.2, -0.15) is 0 Å². The number of fused-ring (bicyclic) bond motifs is 3. The molecule has 0 saturated carbocycles. The van der Waals surface area contributed by atoms with E-state index in [9.17, 15) is 9.90 Å². The smallest absolute Gasteiger partial charge is 0.196 e. The van der Waals surface area contributed by atoms with Crippen LogP contribution in [0, 0.1) is 0 Å². The minimum atomic E-state index is -1.19. The highest BCUT2D eigenvalue weighted by atomic mass is 17.0. The maximum Gasteiger partial charge on any atom is 0.196 e. The van der Waals surface area contributed by atoms with Gasteiger partial charge in [-0.3, -0.25) is 4.79 Å². The third-order valence-corrected chi connectivity index (χ3v) is 5.34. The van der Waals surface area contributed by atoms with Crippen LogP contribution < -0.4 is 5.23 Å². The van der Waals surface area contributed by atoms with Gasteiger partial charge in [0, 0.05) is 5.56 Å². The molecule has 25 heavy (non-hydrogen) atoms. The van der Waals surface area contributed by atoms with Gasteiger partial charge in [0.05, 0.1) is 5.69 Å². The van der Waals surface area contributed by atoms with E-state index in [0.717, 1.165) is 11.1 Å². The minimum Gasteiger partial charge on any atom is -0.380 e. The third-order valence-electron chi connectivity index (χ3n) is 5.34.